The van der Waals surface area contributed by atoms with Crippen molar-refractivity contribution >= 4 is 12.4 Å². The first-order valence-corrected chi connectivity index (χ1v) is 8.39. The lowest BCUT2D eigenvalue weighted by Crippen LogP contribution is -2.27. The van der Waals surface area contributed by atoms with Crippen molar-refractivity contribution in [3.63, 3.8) is 0 Å². The van der Waals surface area contributed by atoms with Crippen LogP contribution in [0.5, 0.6) is 11.5 Å². The zero-order valence-corrected chi connectivity index (χ0v) is 13.6. The summed E-state index contributed by atoms with van der Waals surface area (Å²) in [4.78, 5) is 9.39. The average molecular weight is 323 g/mol. The van der Waals surface area contributed by atoms with E-state index >= 15 is 0 Å². The van der Waals surface area contributed by atoms with Gasteiger partial charge in [0, 0.05) is 24.1 Å². The maximum Gasteiger partial charge on any atom is 0.262 e. The van der Waals surface area contributed by atoms with Gasteiger partial charge in [-0.2, -0.15) is 0 Å². The summed E-state index contributed by atoms with van der Waals surface area (Å²) in [6.45, 7) is 0. The van der Waals surface area contributed by atoms with Gasteiger partial charge in [0.25, 0.3) is 5.75 Å². The van der Waals surface area contributed by atoms with Crippen molar-refractivity contribution < 1.29 is 10.2 Å². The van der Waals surface area contributed by atoms with Crippen LogP contribution in [0.2, 0.25) is 0 Å². The first kappa shape index (κ1) is 16.2. The third-order valence-corrected chi connectivity index (χ3v) is 4.40. The Morgan fingerprint density at radius 1 is 0.833 bits per heavy atom. The largest absolute Gasteiger partial charge is 0.593 e. The lowest BCUT2D eigenvalue weighted by molar-refractivity contribution is 0.390. The summed E-state index contributed by atoms with van der Waals surface area (Å²) in [5.74, 6) is 0.742. The van der Waals surface area contributed by atoms with E-state index in [1.807, 2.05) is 30.3 Å². The molecule has 3 N–H and O–H groups in total. The van der Waals surface area contributed by atoms with Gasteiger partial charge in [-0.05, 0) is 31.0 Å². The molecule has 0 saturated heterocycles. The third kappa shape index (κ3) is 4.02. The molecule has 0 bridgehead atoms. The van der Waals surface area contributed by atoms with Crippen LogP contribution in [-0.4, -0.2) is 34.7 Å². The Morgan fingerprint density at radius 2 is 1.38 bits per heavy atom. The minimum atomic E-state index is 0.132. The number of aliphatic imine (C=N–C) groups is 2. The molecule has 1 fully saturated rings. The molecule has 1 aliphatic carbocycles. The number of hydrogen-bond acceptors (Lipinski definition) is 3. The van der Waals surface area contributed by atoms with E-state index in [0.29, 0.717) is 5.75 Å². The van der Waals surface area contributed by atoms with Crippen molar-refractivity contribution in [2.24, 2.45) is 9.98 Å². The molecule has 1 aliphatic rings. The summed E-state index contributed by atoms with van der Waals surface area (Å²) in [5, 5.41) is 17.8. The minimum Gasteiger partial charge on any atom is -0.593 e. The van der Waals surface area contributed by atoms with Gasteiger partial charge in [0.1, 0.15) is 5.75 Å². The van der Waals surface area contributed by atoms with Crippen molar-refractivity contribution in [2.75, 3.05) is 0 Å². The first-order valence-electron chi connectivity index (χ1n) is 8.39. The SMILES string of the molecule is Oc1ccccc1C=N[C@H]1CCCC[C@@H]1N=Cc1ccccc1[OH2+]. The maximum atomic E-state index is 9.85. The van der Waals surface area contributed by atoms with Crippen molar-refractivity contribution in [3.8, 4) is 11.5 Å². The van der Waals surface area contributed by atoms with Crippen LogP contribution in [0, 0.1) is 0 Å². The lowest BCUT2D eigenvalue weighted by Gasteiger charge is -2.25. The van der Waals surface area contributed by atoms with E-state index in [1.54, 1.807) is 30.6 Å². The Hall–Kier alpha value is -2.62. The molecule has 0 unspecified atom stereocenters. The molecule has 2 atom stereocenters. The highest BCUT2D eigenvalue weighted by molar-refractivity contribution is 5.84. The normalized spacial score (nSPS) is 21.5. The Bertz CT molecular complexity index is 676. The molecule has 0 amide bonds. The molecule has 2 aromatic rings. The van der Waals surface area contributed by atoms with Gasteiger partial charge in [0.2, 0.25) is 0 Å². The van der Waals surface area contributed by atoms with Crippen molar-refractivity contribution in [1.29, 1.82) is 0 Å². The van der Waals surface area contributed by atoms with Crippen LogP contribution < -0.4 is 0 Å². The van der Waals surface area contributed by atoms with Gasteiger partial charge in [0.05, 0.1) is 17.6 Å². The van der Waals surface area contributed by atoms with Gasteiger partial charge in [-0.3, -0.25) is 9.98 Å². The molecule has 0 spiro atoms. The van der Waals surface area contributed by atoms with E-state index in [1.165, 1.54) is 0 Å². The van der Waals surface area contributed by atoms with Crippen LogP contribution >= 0.6 is 0 Å². The minimum absolute atomic E-state index is 0.132. The zero-order chi connectivity index (χ0) is 16.8. The molecule has 4 heteroatoms. The molecule has 0 heterocycles. The van der Waals surface area contributed by atoms with Gasteiger partial charge < -0.3 is 10.2 Å². The topological polar surface area (TPSA) is 67.8 Å². The Morgan fingerprint density at radius 3 is 2.00 bits per heavy atom. The molecule has 0 aliphatic heterocycles. The van der Waals surface area contributed by atoms with Crippen LogP contribution in [0.3, 0.4) is 0 Å². The van der Waals surface area contributed by atoms with Gasteiger partial charge in [0.15, 0.2) is 0 Å². The lowest BCUT2D eigenvalue weighted by atomic mass is 9.91. The van der Waals surface area contributed by atoms with Crippen LogP contribution in [0.25, 0.3) is 0 Å². The second-order valence-electron chi connectivity index (χ2n) is 6.12. The smallest absolute Gasteiger partial charge is 0.262 e. The van der Waals surface area contributed by atoms with Crippen molar-refractivity contribution in [1.82, 2.24) is 0 Å². The summed E-state index contributed by atoms with van der Waals surface area (Å²) in [6.07, 6.45) is 7.90. The number of nitrogens with zero attached hydrogens (tertiary/aromatic N) is 2. The van der Waals surface area contributed by atoms with Gasteiger partial charge in [-0.1, -0.05) is 37.1 Å². The number of benzene rings is 2. The molecule has 0 radical (unpaired) electrons. The van der Waals surface area contributed by atoms with E-state index in [4.69, 9.17) is 10.1 Å². The van der Waals surface area contributed by atoms with Crippen molar-refractivity contribution in [2.45, 2.75) is 37.8 Å². The number of aromatic hydroxyl groups is 1. The third-order valence-electron chi connectivity index (χ3n) is 4.40. The molecule has 124 valence electrons. The van der Waals surface area contributed by atoms with E-state index < -0.39 is 0 Å². The first-order chi connectivity index (χ1) is 11.7. The van der Waals surface area contributed by atoms with Gasteiger partial charge in [-0.25, -0.2) is 0 Å². The van der Waals surface area contributed by atoms with Crippen molar-refractivity contribution in [3.05, 3.63) is 59.7 Å². The monoisotopic (exact) mass is 323 g/mol. The summed E-state index contributed by atoms with van der Waals surface area (Å²) >= 11 is 0. The molecule has 2 aromatic carbocycles. The average Bonchev–Trinajstić information content (AvgIpc) is 2.61. The predicted octanol–water partition coefficient (Wildman–Crippen LogP) is 3.68. The number of phenolic OH excluding ortho intramolecular Hbond substituents is 1. The Kier molecular flexibility index (Phi) is 5.26. The van der Waals surface area contributed by atoms with Crippen LogP contribution in [0.15, 0.2) is 58.5 Å². The van der Waals surface area contributed by atoms with E-state index in [9.17, 15) is 5.11 Å². The van der Waals surface area contributed by atoms with Gasteiger partial charge in [-0.15, -0.1) is 0 Å². The summed E-state index contributed by atoms with van der Waals surface area (Å²) in [5.41, 5.74) is 1.58. The standard InChI is InChI=1S/C20H22N2O2/c23-19-11-5-1-7-15(19)13-21-17-9-3-4-10-18(17)22-14-16-8-2-6-12-20(16)24/h1-2,5-8,11-14,17-18,23-24H,3-4,9-10H2/p+1/t17-,18-/m0/s1. The summed E-state index contributed by atoms with van der Waals surface area (Å²) < 4.78 is 0. The quantitative estimate of drug-likeness (QED) is 0.677. The predicted molar refractivity (Wildman–Crippen MR) is 98.8 cm³/mol. The molecule has 3 rings (SSSR count). The number of phenols is 1. The molecule has 4 nitrogen and oxygen atoms in total. The fourth-order valence-corrected chi connectivity index (χ4v) is 3.00. The van der Waals surface area contributed by atoms with Gasteiger partial charge >= 0.3 is 0 Å². The van der Waals surface area contributed by atoms with Crippen LogP contribution in [0.4, 0.5) is 0 Å². The van der Waals surface area contributed by atoms with E-state index in [-0.39, 0.29) is 17.8 Å². The van der Waals surface area contributed by atoms with E-state index in [2.05, 4.69) is 4.99 Å². The Labute approximate surface area is 142 Å². The highest BCUT2D eigenvalue weighted by atomic mass is 16.3. The van der Waals surface area contributed by atoms with E-state index in [0.717, 1.165) is 36.8 Å². The second-order valence-corrected chi connectivity index (χ2v) is 6.12. The van der Waals surface area contributed by atoms with Crippen LogP contribution in [-0.2, 0) is 0 Å². The molecular weight excluding hydrogens is 300 g/mol. The summed E-state index contributed by atoms with van der Waals surface area (Å²) in [7, 11) is 0. The number of para-hydroxylation sites is 2. The Balaban J connectivity index is 1.74. The number of rotatable bonds is 4. The molecule has 24 heavy (non-hydrogen) atoms. The maximum absolute atomic E-state index is 9.85. The number of hydrogen-bond donors (Lipinski definition) is 1. The molecule has 0 aromatic heterocycles. The molecular formula is C20H23N2O2+. The zero-order valence-electron chi connectivity index (χ0n) is 13.6. The summed E-state index contributed by atoms with van der Waals surface area (Å²) in [6, 6.07) is 15.0. The fourth-order valence-electron chi connectivity index (χ4n) is 3.00. The molecule has 1 saturated carbocycles. The van der Waals surface area contributed by atoms with Crippen LogP contribution in [0.1, 0.15) is 36.8 Å². The fraction of sp³-hybridized carbons (Fsp3) is 0.300. The second kappa shape index (κ2) is 7.77. The highest BCUT2D eigenvalue weighted by Gasteiger charge is 2.23. The highest BCUT2D eigenvalue weighted by Crippen LogP contribution is 2.25.